The second-order valence-corrected chi connectivity index (χ2v) is 3.85. The number of aliphatic hydroxyl groups is 1. The van der Waals surface area contributed by atoms with Crippen LogP contribution in [0.2, 0.25) is 0 Å². The smallest absolute Gasteiger partial charge is 0.329 e. The van der Waals surface area contributed by atoms with E-state index in [9.17, 15) is 10.1 Å². The average Bonchev–Trinajstić information content (AvgIpc) is 2.33. The monoisotopic (exact) mass is 255 g/mol. The number of nitrogens with one attached hydrogen (secondary N) is 2. The zero-order chi connectivity index (χ0) is 13.5. The minimum atomic E-state index is -0.531. The molecule has 18 heavy (non-hydrogen) atoms. The van der Waals surface area contributed by atoms with Gasteiger partial charge in [0.25, 0.3) is 0 Å². The van der Waals surface area contributed by atoms with E-state index in [0.717, 1.165) is 6.20 Å². The largest absolute Gasteiger partial charge is 0.393 e. The van der Waals surface area contributed by atoms with Gasteiger partial charge < -0.3 is 15.7 Å². The van der Waals surface area contributed by atoms with Crippen LogP contribution in [-0.2, 0) is 0 Å². The molecule has 0 saturated heterocycles. The van der Waals surface area contributed by atoms with Crippen molar-refractivity contribution in [1.82, 2.24) is 9.97 Å². The molecule has 0 aromatic carbocycles. The topological polar surface area (TPSA) is 113 Å². The number of hydrogen-bond donors (Lipinski definition) is 3. The lowest BCUT2D eigenvalue weighted by molar-refractivity contribution is -0.384. The molecule has 100 valence electrons. The maximum Gasteiger partial charge on any atom is 0.329 e. The number of anilines is 2. The third kappa shape index (κ3) is 4.13. The van der Waals surface area contributed by atoms with Crippen molar-refractivity contribution >= 4 is 17.5 Å². The van der Waals surface area contributed by atoms with E-state index < -0.39 is 4.92 Å². The van der Waals surface area contributed by atoms with Crippen LogP contribution in [0.3, 0.4) is 0 Å². The van der Waals surface area contributed by atoms with Gasteiger partial charge in [0, 0.05) is 13.6 Å². The molecule has 0 aliphatic carbocycles. The van der Waals surface area contributed by atoms with Crippen molar-refractivity contribution in [3.05, 3.63) is 16.3 Å². The summed E-state index contributed by atoms with van der Waals surface area (Å²) in [5, 5.41) is 25.5. The molecule has 0 fully saturated rings. The number of aromatic nitrogens is 2. The molecule has 0 saturated carbocycles. The lowest BCUT2D eigenvalue weighted by Crippen LogP contribution is -2.10. The molecule has 1 unspecified atom stereocenters. The molecule has 0 bridgehead atoms. The Morgan fingerprint density at radius 1 is 1.61 bits per heavy atom. The van der Waals surface area contributed by atoms with E-state index in [1.165, 1.54) is 0 Å². The first-order valence-electron chi connectivity index (χ1n) is 5.65. The quantitative estimate of drug-likeness (QED) is 0.378. The Labute approximate surface area is 105 Å². The van der Waals surface area contributed by atoms with Crippen molar-refractivity contribution in [1.29, 1.82) is 0 Å². The molecule has 3 N–H and O–H groups in total. The molecule has 1 atom stereocenters. The van der Waals surface area contributed by atoms with Crippen molar-refractivity contribution in [2.75, 3.05) is 24.2 Å². The molecule has 8 heteroatoms. The Kier molecular flexibility index (Phi) is 5.25. The van der Waals surface area contributed by atoms with Crippen LogP contribution in [0.1, 0.15) is 19.8 Å². The standard InChI is InChI=1S/C10H17N5O3/c1-7(16)4-3-5-12-9-8(15(17)18)6-13-10(11-2)14-9/h6-7,16H,3-5H2,1-2H3,(H2,11,12,13,14). The van der Waals surface area contributed by atoms with E-state index in [-0.39, 0.29) is 17.6 Å². The van der Waals surface area contributed by atoms with E-state index in [4.69, 9.17) is 5.11 Å². The summed E-state index contributed by atoms with van der Waals surface area (Å²) in [6.45, 7) is 2.21. The highest BCUT2D eigenvalue weighted by Gasteiger charge is 2.16. The summed E-state index contributed by atoms with van der Waals surface area (Å²) in [6.07, 6.45) is 2.12. The summed E-state index contributed by atoms with van der Waals surface area (Å²) in [5.41, 5.74) is -0.161. The lowest BCUT2D eigenvalue weighted by atomic mass is 10.2. The first-order chi connectivity index (χ1) is 8.54. The molecule has 0 aliphatic rings. The Balaban J connectivity index is 2.69. The fourth-order valence-electron chi connectivity index (χ4n) is 1.36. The minimum absolute atomic E-state index is 0.161. The summed E-state index contributed by atoms with van der Waals surface area (Å²) >= 11 is 0. The van der Waals surface area contributed by atoms with Crippen molar-refractivity contribution in [2.24, 2.45) is 0 Å². The van der Waals surface area contributed by atoms with Gasteiger partial charge in [-0.15, -0.1) is 0 Å². The van der Waals surface area contributed by atoms with Gasteiger partial charge in [0.15, 0.2) is 0 Å². The Hall–Kier alpha value is -1.96. The molecule has 0 radical (unpaired) electrons. The highest BCUT2D eigenvalue weighted by atomic mass is 16.6. The number of nitrogens with zero attached hydrogens (tertiary/aromatic N) is 3. The van der Waals surface area contributed by atoms with E-state index in [0.29, 0.717) is 25.3 Å². The second-order valence-electron chi connectivity index (χ2n) is 3.85. The molecular weight excluding hydrogens is 238 g/mol. The van der Waals surface area contributed by atoms with Gasteiger partial charge in [0.1, 0.15) is 6.20 Å². The summed E-state index contributed by atoms with van der Waals surface area (Å²) in [7, 11) is 1.64. The van der Waals surface area contributed by atoms with Crippen molar-refractivity contribution < 1.29 is 10.0 Å². The average molecular weight is 255 g/mol. The van der Waals surface area contributed by atoms with Gasteiger partial charge in [-0.1, -0.05) is 0 Å². The van der Waals surface area contributed by atoms with Crippen LogP contribution in [0.25, 0.3) is 0 Å². The highest BCUT2D eigenvalue weighted by molar-refractivity contribution is 5.56. The SMILES string of the molecule is CNc1ncc([N+](=O)[O-])c(NCCCC(C)O)n1. The molecule has 1 aromatic heterocycles. The van der Waals surface area contributed by atoms with Crippen LogP contribution in [0.4, 0.5) is 17.5 Å². The number of aliphatic hydroxyl groups excluding tert-OH is 1. The van der Waals surface area contributed by atoms with Gasteiger partial charge >= 0.3 is 5.69 Å². The van der Waals surface area contributed by atoms with Crippen LogP contribution in [0.15, 0.2) is 6.20 Å². The molecule has 0 aliphatic heterocycles. The third-order valence-corrected chi connectivity index (χ3v) is 2.28. The van der Waals surface area contributed by atoms with Crippen molar-refractivity contribution in [3.63, 3.8) is 0 Å². The molecule has 0 spiro atoms. The maximum absolute atomic E-state index is 10.8. The highest BCUT2D eigenvalue weighted by Crippen LogP contribution is 2.21. The fourth-order valence-corrected chi connectivity index (χ4v) is 1.36. The van der Waals surface area contributed by atoms with Gasteiger partial charge in [-0.3, -0.25) is 10.1 Å². The fraction of sp³-hybridized carbons (Fsp3) is 0.600. The molecule has 0 amide bonds. The summed E-state index contributed by atoms with van der Waals surface area (Å²) in [6, 6.07) is 0. The van der Waals surface area contributed by atoms with Crippen molar-refractivity contribution in [2.45, 2.75) is 25.9 Å². The van der Waals surface area contributed by atoms with E-state index in [1.54, 1.807) is 14.0 Å². The summed E-state index contributed by atoms with van der Waals surface area (Å²) < 4.78 is 0. The Morgan fingerprint density at radius 2 is 2.33 bits per heavy atom. The number of rotatable bonds is 7. The van der Waals surface area contributed by atoms with Crippen LogP contribution in [-0.4, -0.2) is 39.7 Å². The second kappa shape index (κ2) is 6.70. The van der Waals surface area contributed by atoms with Gasteiger partial charge in [-0.2, -0.15) is 4.98 Å². The first kappa shape index (κ1) is 14.1. The van der Waals surface area contributed by atoms with E-state index in [1.807, 2.05) is 0 Å². The predicted octanol–water partition coefficient (Wildman–Crippen LogP) is 0.999. The van der Waals surface area contributed by atoms with E-state index in [2.05, 4.69) is 20.6 Å². The predicted molar refractivity (Wildman–Crippen MR) is 67.6 cm³/mol. The minimum Gasteiger partial charge on any atom is -0.393 e. The van der Waals surface area contributed by atoms with Crippen LogP contribution >= 0.6 is 0 Å². The zero-order valence-corrected chi connectivity index (χ0v) is 10.4. The normalized spacial score (nSPS) is 11.9. The number of hydrogen-bond acceptors (Lipinski definition) is 7. The Morgan fingerprint density at radius 3 is 2.89 bits per heavy atom. The first-order valence-corrected chi connectivity index (χ1v) is 5.65. The molecule has 1 aromatic rings. The molecule has 1 rings (SSSR count). The third-order valence-electron chi connectivity index (χ3n) is 2.28. The zero-order valence-electron chi connectivity index (χ0n) is 10.4. The summed E-state index contributed by atoms with van der Waals surface area (Å²) in [5.74, 6) is 0.503. The van der Waals surface area contributed by atoms with E-state index >= 15 is 0 Å². The summed E-state index contributed by atoms with van der Waals surface area (Å²) in [4.78, 5) is 18.0. The van der Waals surface area contributed by atoms with Crippen LogP contribution in [0.5, 0.6) is 0 Å². The van der Waals surface area contributed by atoms with Gasteiger partial charge in [-0.05, 0) is 19.8 Å². The molecule has 1 heterocycles. The molecular formula is C10H17N5O3. The van der Waals surface area contributed by atoms with Gasteiger partial charge in [0.2, 0.25) is 11.8 Å². The van der Waals surface area contributed by atoms with Crippen LogP contribution < -0.4 is 10.6 Å². The maximum atomic E-state index is 10.8. The van der Waals surface area contributed by atoms with Gasteiger partial charge in [0.05, 0.1) is 11.0 Å². The molecule has 8 nitrogen and oxygen atoms in total. The van der Waals surface area contributed by atoms with Crippen LogP contribution in [0, 0.1) is 10.1 Å². The number of nitro groups is 1. The van der Waals surface area contributed by atoms with Crippen molar-refractivity contribution in [3.8, 4) is 0 Å². The van der Waals surface area contributed by atoms with Gasteiger partial charge in [-0.25, -0.2) is 4.98 Å². The lowest BCUT2D eigenvalue weighted by Gasteiger charge is -2.08. The Bertz CT molecular complexity index is 410.